The molecule has 1 N–H and O–H groups in total. The zero-order valence-corrected chi connectivity index (χ0v) is 15.6. The van der Waals surface area contributed by atoms with Crippen LogP contribution in [-0.2, 0) is 13.0 Å². The third kappa shape index (κ3) is 4.29. The summed E-state index contributed by atoms with van der Waals surface area (Å²) in [5.41, 5.74) is 4.23. The van der Waals surface area contributed by atoms with Crippen LogP contribution in [0.4, 0.5) is 0 Å². The minimum Gasteiger partial charge on any atom is -0.496 e. The Kier molecular flexibility index (Phi) is 6.02. The number of ether oxygens (including phenoxy) is 1. The lowest BCUT2D eigenvalue weighted by molar-refractivity contribution is 0.409. The van der Waals surface area contributed by atoms with Crippen LogP contribution in [-0.4, -0.2) is 28.6 Å². The van der Waals surface area contributed by atoms with Gasteiger partial charge in [-0.1, -0.05) is 48.5 Å². The topological polar surface area (TPSA) is 52.0 Å². The zero-order valence-electron chi connectivity index (χ0n) is 15.6. The lowest BCUT2D eigenvalue weighted by atomic mass is 10.1. The van der Waals surface area contributed by atoms with E-state index in [1.54, 1.807) is 11.9 Å². The molecule has 0 amide bonds. The average Bonchev–Trinajstić information content (AvgIpc) is 3.11. The zero-order chi connectivity index (χ0) is 18.4. The fourth-order valence-corrected chi connectivity index (χ4v) is 2.86. The van der Waals surface area contributed by atoms with Crippen molar-refractivity contribution in [1.29, 1.82) is 0 Å². The molecule has 0 radical (unpaired) electrons. The molecule has 0 atom stereocenters. The minimum atomic E-state index is 0.236. The summed E-state index contributed by atoms with van der Waals surface area (Å²) in [6.45, 7) is 5.72. The molecular formula is C21H26N4O. The smallest absolute Gasteiger partial charge is 0.122 e. The van der Waals surface area contributed by atoms with Crippen molar-refractivity contribution in [3.8, 4) is 17.0 Å². The number of hydrogen-bond donors (Lipinski definition) is 1. The van der Waals surface area contributed by atoms with Gasteiger partial charge in [-0.05, 0) is 38.4 Å². The van der Waals surface area contributed by atoms with Crippen molar-refractivity contribution < 1.29 is 4.74 Å². The SMILES string of the molecule is COc1ccccc1CCNCc1nn(C(C)C)nc1-c1ccccc1. The van der Waals surface area contributed by atoms with Crippen LogP contribution in [0.15, 0.2) is 54.6 Å². The molecule has 0 aliphatic carbocycles. The first-order valence-corrected chi connectivity index (χ1v) is 9.02. The number of methoxy groups -OCH3 is 1. The summed E-state index contributed by atoms with van der Waals surface area (Å²) in [6.07, 6.45) is 0.906. The van der Waals surface area contributed by atoms with Gasteiger partial charge < -0.3 is 10.1 Å². The molecular weight excluding hydrogens is 324 g/mol. The van der Waals surface area contributed by atoms with E-state index in [2.05, 4.69) is 47.6 Å². The Hall–Kier alpha value is -2.66. The summed E-state index contributed by atoms with van der Waals surface area (Å²) >= 11 is 0. The van der Waals surface area contributed by atoms with Crippen molar-refractivity contribution in [3.63, 3.8) is 0 Å². The lowest BCUT2D eigenvalue weighted by Crippen LogP contribution is -2.18. The summed E-state index contributed by atoms with van der Waals surface area (Å²) in [6, 6.07) is 18.6. The van der Waals surface area contributed by atoms with E-state index in [0.717, 1.165) is 35.7 Å². The molecule has 2 aromatic carbocycles. The van der Waals surface area contributed by atoms with E-state index in [1.165, 1.54) is 5.56 Å². The Morgan fingerprint density at radius 1 is 1.00 bits per heavy atom. The first-order valence-electron chi connectivity index (χ1n) is 9.02. The van der Waals surface area contributed by atoms with Crippen LogP contribution in [0.1, 0.15) is 31.1 Å². The van der Waals surface area contributed by atoms with Gasteiger partial charge in [-0.25, -0.2) is 0 Å². The van der Waals surface area contributed by atoms with Crippen LogP contribution in [0.3, 0.4) is 0 Å². The van der Waals surface area contributed by atoms with Crippen LogP contribution < -0.4 is 10.1 Å². The van der Waals surface area contributed by atoms with Crippen molar-refractivity contribution in [2.75, 3.05) is 13.7 Å². The van der Waals surface area contributed by atoms with Crippen LogP contribution in [0.5, 0.6) is 5.75 Å². The van der Waals surface area contributed by atoms with Crippen LogP contribution >= 0.6 is 0 Å². The highest BCUT2D eigenvalue weighted by atomic mass is 16.5. The largest absolute Gasteiger partial charge is 0.496 e. The van der Waals surface area contributed by atoms with Crippen LogP contribution in [0.2, 0.25) is 0 Å². The molecule has 0 bridgehead atoms. The molecule has 0 aliphatic rings. The van der Waals surface area contributed by atoms with E-state index < -0.39 is 0 Å². The second-order valence-corrected chi connectivity index (χ2v) is 6.51. The Bertz CT molecular complexity index is 827. The van der Waals surface area contributed by atoms with E-state index >= 15 is 0 Å². The molecule has 0 aliphatic heterocycles. The maximum Gasteiger partial charge on any atom is 0.122 e. The first kappa shape index (κ1) is 18.1. The second-order valence-electron chi connectivity index (χ2n) is 6.51. The molecule has 3 rings (SSSR count). The molecule has 3 aromatic rings. The average molecular weight is 350 g/mol. The van der Waals surface area contributed by atoms with Crippen LogP contribution in [0.25, 0.3) is 11.3 Å². The molecule has 0 fully saturated rings. The second kappa shape index (κ2) is 8.63. The molecule has 5 heteroatoms. The highest BCUT2D eigenvalue weighted by Crippen LogP contribution is 2.21. The summed E-state index contributed by atoms with van der Waals surface area (Å²) in [5, 5.41) is 12.9. The van der Waals surface area contributed by atoms with Crippen molar-refractivity contribution in [2.45, 2.75) is 32.9 Å². The molecule has 1 aromatic heterocycles. The van der Waals surface area contributed by atoms with Crippen molar-refractivity contribution in [1.82, 2.24) is 20.3 Å². The first-order chi connectivity index (χ1) is 12.7. The third-order valence-corrected chi connectivity index (χ3v) is 4.26. The standard InChI is InChI=1S/C21H26N4O/c1-16(2)25-23-19(21(24-25)18-10-5-4-6-11-18)15-22-14-13-17-9-7-8-12-20(17)26-3/h4-12,16,22H,13-15H2,1-3H3. The van der Waals surface area contributed by atoms with Crippen molar-refractivity contribution in [2.24, 2.45) is 0 Å². The van der Waals surface area contributed by atoms with E-state index in [1.807, 2.05) is 36.4 Å². The monoisotopic (exact) mass is 350 g/mol. The highest BCUT2D eigenvalue weighted by Gasteiger charge is 2.14. The van der Waals surface area contributed by atoms with E-state index in [4.69, 9.17) is 4.74 Å². The Labute approximate surface area is 155 Å². The van der Waals surface area contributed by atoms with Crippen molar-refractivity contribution in [3.05, 3.63) is 65.9 Å². The number of benzene rings is 2. The predicted molar refractivity (Wildman–Crippen MR) is 104 cm³/mol. The van der Waals surface area contributed by atoms with E-state index in [0.29, 0.717) is 6.54 Å². The number of hydrogen-bond acceptors (Lipinski definition) is 4. The molecule has 1 heterocycles. The summed E-state index contributed by atoms with van der Waals surface area (Å²) in [4.78, 5) is 1.79. The lowest BCUT2D eigenvalue weighted by Gasteiger charge is -2.08. The predicted octanol–water partition coefficient (Wildman–Crippen LogP) is 3.87. The Morgan fingerprint density at radius 2 is 1.73 bits per heavy atom. The molecule has 136 valence electrons. The van der Waals surface area contributed by atoms with E-state index in [9.17, 15) is 0 Å². The highest BCUT2D eigenvalue weighted by molar-refractivity contribution is 5.60. The van der Waals surface area contributed by atoms with Gasteiger partial charge in [0, 0.05) is 12.1 Å². The number of rotatable bonds is 8. The Morgan fingerprint density at radius 3 is 2.46 bits per heavy atom. The molecule has 0 spiro atoms. The van der Waals surface area contributed by atoms with Gasteiger partial charge in [-0.15, -0.1) is 0 Å². The molecule has 26 heavy (non-hydrogen) atoms. The van der Waals surface area contributed by atoms with Gasteiger partial charge in [0.2, 0.25) is 0 Å². The maximum absolute atomic E-state index is 5.41. The summed E-state index contributed by atoms with van der Waals surface area (Å²) in [7, 11) is 1.71. The van der Waals surface area contributed by atoms with Gasteiger partial charge in [0.1, 0.15) is 17.1 Å². The third-order valence-electron chi connectivity index (χ3n) is 4.26. The van der Waals surface area contributed by atoms with Gasteiger partial charge in [-0.3, -0.25) is 0 Å². The summed E-state index contributed by atoms with van der Waals surface area (Å²) < 4.78 is 5.41. The fourth-order valence-electron chi connectivity index (χ4n) is 2.86. The quantitative estimate of drug-likeness (QED) is 0.627. The molecule has 0 saturated heterocycles. The number of aromatic nitrogens is 3. The summed E-state index contributed by atoms with van der Waals surface area (Å²) in [5.74, 6) is 0.935. The molecule has 0 unspecified atom stereocenters. The van der Waals surface area contributed by atoms with Gasteiger partial charge >= 0.3 is 0 Å². The normalized spacial score (nSPS) is 11.1. The van der Waals surface area contributed by atoms with Gasteiger partial charge in [0.05, 0.1) is 13.2 Å². The molecule has 5 nitrogen and oxygen atoms in total. The minimum absolute atomic E-state index is 0.236. The van der Waals surface area contributed by atoms with E-state index in [-0.39, 0.29) is 6.04 Å². The number of para-hydroxylation sites is 1. The molecule has 0 saturated carbocycles. The Balaban J connectivity index is 1.67. The number of nitrogens with zero attached hydrogens (tertiary/aromatic N) is 3. The fraction of sp³-hybridized carbons (Fsp3) is 0.333. The van der Waals surface area contributed by atoms with Gasteiger partial charge in [0.25, 0.3) is 0 Å². The van der Waals surface area contributed by atoms with Crippen LogP contribution in [0, 0.1) is 0 Å². The maximum atomic E-state index is 5.41. The van der Waals surface area contributed by atoms with Crippen molar-refractivity contribution >= 4 is 0 Å². The van der Waals surface area contributed by atoms with Gasteiger partial charge in [0.15, 0.2) is 0 Å². The number of nitrogens with one attached hydrogen (secondary N) is 1. The van der Waals surface area contributed by atoms with Gasteiger partial charge in [-0.2, -0.15) is 15.0 Å².